The number of sulfonamides is 1. The fourth-order valence-corrected chi connectivity index (χ4v) is 4.16. The van der Waals surface area contributed by atoms with E-state index in [9.17, 15) is 18.6 Å². The summed E-state index contributed by atoms with van der Waals surface area (Å²) in [5, 5.41) is 20.0. The summed E-state index contributed by atoms with van der Waals surface area (Å²) in [7, 11) is -2.38. The van der Waals surface area contributed by atoms with Crippen LogP contribution in [0.15, 0.2) is 53.4 Å². The standard InChI is InChI=1S/C20H28N2O5S/c1-14(23)13-22-28(25,26)20-9-8-17(27-2)11-16(20)12-19(24)18(21)10-15-6-4-3-5-7-15/h3-9,11,14,18-19,22-24H,10,12-13,21H2,1-2H3/t14-,18+,19-/m1/s1. The van der Waals surface area contributed by atoms with Crippen LogP contribution in [0.1, 0.15) is 18.1 Å². The summed E-state index contributed by atoms with van der Waals surface area (Å²) in [4.78, 5) is 0.0277. The molecule has 0 heterocycles. The average Bonchev–Trinajstić information content (AvgIpc) is 2.67. The second-order valence-electron chi connectivity index (χ2n) is 6.80. The minimum absolute atomic E-state index is 0.0277. The van der Waals surface area contributed by atoms with Crippen LogP contribution in [0.2, 0.25) is 0 Å². The van der Waals surface area contributed by atoms with Gasteiger partial charge in [0, 0.05) is 19.0 Å². The van der Waals surface area contributed by atoms with Crippen LogP contribution in [0.3, 0.4) is 0 Å². The van der Waals surface area contributed by atoms with Gasteiger partial charge < -0.3 is 20.7 Å². The van der Waals surface area contributed by atoms with Gasteiger partial charge >= 0.3 is 0 Å². The van der Waals surface area contributed by atoms with Crippen LogP contribution in [0.25, 0.3) is 0 Å². The number of nitrogens with one attached hydrogen (secondary N) is 1. The lowest BCUT2D eigenvalue weighted by atomic mass is 9.97. The Balaban J connectivity index is 2.22. The fourth-order valence-electron chi connectivity index (χ4n) is 2.81. The molecule has 0 saturated carbocycles. The number of nitrogens with two attached hydrogens (primary N) is 1. The third-order valence-electron chi connectivity index (χ3n) is 4.36. The summed E-state index contributed by atoms with van der Waals surface area (Å²) in [6, 6.07) is 13.5. The van der Waals surface area contributed by atoms with Crippen LogP contribution < -0.4 is 15.2 Å². The van der Waals surface area contributed by atoms with Crippen molar-refractivity contribution in [3.63, 3.8) is 0 Å². The highest BCUT2D eigenvalue weighted by Gasteiger charge is 2.23. The minimum Gasteiger partial charge on any atom is -0.497 e. The molecule has 5 N–H and O–H groups in total. The number of methoxy groups -OCH3 is 1. The Kier molecular flexibility index (Phi) is 7.97. The highest BCUT2D eigenvalue weighted by Crippen LogP contribution is 2.24. The van der Waals surface area contributed by atoms with Gasteiger partial charge in [-0.05, 0) is 42.7 Å². The number of aliphatic hydroxyl groups is 2. The molecule has 2 rings (SSSR count). The molecule has 8 heteroatoms. The predicted molar refractivity (Wildman–Crippen MR) is 108 cm³/mol. The number of hydrogen-bond acceptors (Lipinski definition) is 6. The fraction of sp³-hybridized carbons (Fsp3) is 0.400. The first kappa shape index (κ1) is 22.3. The molecule has 0 saturated heterocycles. The van der Waals surface area contributed by atoms with Crippen molar-refractivity contribution >= 4 is 10.0 Å². The Morgan fingerprint density at radius 2 is 1.79 bits per heavy atom. The molecule has 0 spiro atoms. The molecule has 28 heavy (non-hydrogen) atoms. The lowest BCUT2D eigenvalue weighted by molar-refractivity contribution is 0.143. The second-order valence-corrected chi connectivity index (χ2v) is 8.53. The van der Waals surface area contributed by atoms with Gasteiger partial charge in [-0.25, -0.2) is 13.1 Å². The van der Waals surface area contributed by atoms with E-state index < -0.39 is 28.3 Å². The van der Waals surface area contributed by atoms with Gasteiger partial charge in [0.2, 0.25) is 10.0 Å². The third kappa shape index (κ3) is 6.29. The van der Waals surface area contributed by atoms with E-state index in [1.165, 1.54) is 26.2 Å². The van der Waals surface area contributed by atoms with Gasteiger partial charge in [-0.15, -0.1) is 0 Å². The maximum absolute atomic E-state index is 12.6. The summed E-state index contributed by atoms with van der Waals surface area (Å²) < 4.78 is 32.8. The quantitative estimate of drug-likeness (QED) is 0.462. The molecular weight excluding hydrogens is 380 g/mol. The van der Waals surface area contributed by atoms with E-state index in [-0.39, 0.29) is 17.9 Å². The van der Waals surface area contributed by atoms with Crippen molar-refractivity contribution in [3.8, 4) is 5.75 Å². The molecule has 0 aliphatic heterocycles. The molecule has 3 atom stereocenters. The van der Waals surface area contributed by atoms with E-state index in [0.29, 0.717) is 17.7 Å². The molecule has 0 aliphatic rings. The number of hydrogen-bond donors (Lipinski definition) is 4. The Morgan fingerprint density at radius 3 is 2.39 bits per heavy atom. The Morgan fingerprint density at radius 1 is 1.11 bits per heavy atom. The first-order chi connectivity index (χ1) is 13.2. The number of rotatable bonds is 10. The topological polar surface area (TPSA) is 122 Å². The molecule has 0 radical (unpaired) electrons. The summed E-state index contributed by atoms with van der Waals surface area (Å²) >= 11 is 0. The van der Waals surface area contributed by atoms with Gasteiger partial charge in [-0.1, -0.05) is 30.3 Å². The van der Waals surface area contributed by atoms with Gasteiger partial charge in [-0.2, -0.15) is 0 Å². The zero-order chi connectivity index (χ0) is 20.7. The van der Waals surface area contributed by atoms with Crippen molar-refractivity contribution in [1.29, 1.82) is 0 Å². The largest absolute Gasteiger partial charge is 0.497 e. The van der Waals surface area contributed by atoms with Crippen LogP contribution in [-0.4, -0.2) is 50.5 Å². The van der Waals surface area contributed by atoms with Crippen molar-refractivity contribution in [2.24, 2.45) is 5.73 Å². The van der Waals surface area contributed by atoms with E-state index in [1.54, 1.807) is 6.07 Å². The summed E-state index contributed by atoms with van der Waals surface area (Å²) in [6.07, 6.45) is -1.25. The monoisotopic (exact) mass is 408 g/mol. The van der Waals surface area contributed by atoms with Crippen molar-refractivity contribution in [2.45, 2.75) is 42.9 Å². The molecule has 0 fully saturated rings. The molecule has 2 aromatic rings. The second kappa shape index (κ2) is 9.99. The van der Waals surface area contributed by atoms with E-state index >= 15 is 0 Å². The molecule has 0 unspecified atom stereocenters. The first-order valence-corrected chi connectivity index (χ1v) is 10.5. The van der Waals surface area contributed by atoms with Gasteiger partial charge in [0.25, 0.3) is 0 Å². The Hall–Kier alpha value is -1.97. The number of benzene rings is 2. The molecule has 0 aliphatic carbocycles. The van der Waals surface area contributed by atoms with Crippen LogP contribution in [-0.2, 0) is 22.9 Å². The van der Waals surface area contributed by atoms with E-state index in [2.05, 4.69) is 4.72 Å². The van der Waals surface area contributed by atoms with E-state index in [0.717, 1.165) is 5.56 Å². The highest BCUT2D eigenvalue weighted by molar-refractivity contribution is 7.89. The molecule has 2 aromatic carbocycles. The van der Waals surface area contributed by atoms with Gasteiger partial charge in [-0.3, -0.25) is 0 Å². The van der Waals surface area contributed by atoms with Crippen LogP contribution in [0.5, 0.6) is 5.75 Å². The zero-order valence-corrected chi connectivity index (χ0v) is 16.9. The van der Waals surface area contributed by atoms with Gasteiger partial charge in [0.05, 0.1) is 24.2 Å². The smallest absolute Gasteiger partial charge is 0.240 e. The summed E-state index contributed by atoms with van der Waals surface area (Å²) in [5.41, 5.74) is 7.53. The molecular formula is C20H28N2O5S. The maximum Gasteiger partial charge on any atom is 0.240 e. The van der Waals surface area contributed by atoms with Crippen LogP contribution in [0.4, 0.5) is 0 Å². The summed E-state index contributed by atoms with van der Waals surface area (Å²) in [5.74, 6) is 0.480. The predicted octanol–water partition coefficient (Wildman–Crippen LogP) is 0.828. The van der Waals surface area contributed by atoms with Crippen LogP contribution in [0, 0.1) is 0 Å². The lowest BCUT2D eigenvalue weighted by Gasteiger charge is -2.21. The molecule has 0 bridgehead atoms. The SMILES string of the molecule is COc1ccc(S(=O)(=O)NC[C@@H](C)O)c(C[C@@H](O)[C@@H](N)Cc2ccccc2)c1. The normalized spacial score (nSPS) is 15.0. The molecule has 0 aromatic heterocycles. The van der Waals surface area contributed by atoms with E-state index in [4.69, 9.17) is 10.5 Å². The van der Waals surface area contributed by atoms with Gasteiger partial charge in [0.1, 0.15) is 5.75 Å². The minimum atomic E-state index is -3.86. The first-order valence-electron chi connectivity index (χ1n) is 9.05. The van der Waals surface area contributed by atoms with Gasteiger partial charge in [0.15, 0.2) is 0 Å². The lowest BCUT2D eigenvalue weighted by Crippen LogP contribution is -2.38. The maximum atomic E-state index is 12.6. The van der Waals surface area contributed by atoms with Crippen molar-refractivity contribution < 1.29 is 23.4 Å². The van der Waals surface area contributed by atoms with Crippen molar-refractivity contribution in [3.05, 3.63) is 59.7 Å². The third-order valence-corrected chi connectivity index (χ3v) is 5.89. The molecule has 154 valence electrons. The highest BCUT2D eigenvalue weighted by atomic mass is 32.2. The van der Waals surface area contributed by atoms with E-state index in [1.807, 2.05) is 30.3 Å². The number of ether oxygens (including phenoxy) is 1. The average molecular weight is 409 g/mol. The summed E-state index contributed by atoms with van der Waals surface area (Å²) in [6.45, 7) is 1.38. The molecule has 0 amide bonds. The number of aliphatic hydroxyl groups excluding tert-OH is 2. The zero-order valence-electron chi connectivity index (χ0n) is 16.1. The Labute approximate surface area is 166 Å². The van der Waals surface area contributed by atoms with Crippen LogP contribution >= 0.6 is 0 Å². The van der Waals surface area contributed by atoms with Crippen molar-refractivity contribution in [2.75, 3.05) is 13.7 Å². The molecule has 7 nitrogen and oxygen atoms in total. The van der Waals surface area contributed by atoms with Crippen molar-refractivity contribution in [1.82, 2.24) is 4.72 Å². The Bertz CT molecular complexity index is 856.